The van der Waals surface area contributed by atoms with Crippen molar-refractivity contribution in [2.75, 3.05) is 28.4 Å². The van der Waals surface area contributed by atoms with Gasteiger partial charge in [0.25, 0.3) is 5.91 Å². The zero-order valence-corrected chi connectivity index (χ0v) is 17.6. The van der Waals surface area contributed by atoms with Crippen molar-refractivity contribution in [3.63, 3.8) is 0 Å². The van der Waals surface area contributed by atoms with Gasteiger partial charge in [0.05, 0.1) is 21.3 Å². The lowest BCUT2D eigenvalue weighted by Gasteiger charge is -2.21. The highest BCUT2D eigenvalue weighted by Crippen LogP contribution is 2.40. The molecule has 0 fully saturated rings. The molecule has 1 amide bonds. The molecule has 1 N–H and O–H groups in total. The molecule has 0 atom stereocenters. The number of ether oxygens (including phenoxy) is 3. The van der Waals surface area contributed by atoms with Crippen LogP contribution in [-0.2, 0) is 6.54 Å². The van der Waals surface area contributed by atoms with Crippen molar-refractivity contribution < 1.29 is 19.0 Å². The van der Waals surface area contributed by atoms with Gasteiger partial charge in [0.1, 0.15) is 5.69 Å². The number of amides is 1. The number of rotatable bonds is 7. The highest BCUT2D eigenvalue weighted by Gasteiger charge is 2.22. The van der Waals surface area contributed by atoms with Crippen LogP contribution in [0.15, 0.2) is 48.7 Å². The molecular formula is C21H23N3O4S. The molecule has 0 aliphatic carbocycles. The number of nitrogens with one attached hydrogen (secondary N) is 1. The number of nitrogens with zero attached hydrogens (tertiary/aromatic N) is 2. The molecule has 0 aliphatic rings. The van der Waals surface area contributed by atoms with E-state index in [-0.39, 0.29) is 5.91 Å². The van der Waals surface area contributed by atoms with Crippen LogP contribution in [0.1, 0.15) is 16.1 Å². The quantitative estimate of drug-likeness (QED) is 0.596. The Kier molecular flexibility index (Phi) is 6.23. The lowest BCUT2D eigenvalue weighted by Crippen LogP contribution is -2.28. The normalized spacial score (nSPS) is 10.5. The molecule has 0 unspecified atom stereocenters. The van der Waals surface area contributed by atoms with Crippen LogP contribution in [0.3, 0.4) is 0 Å². The number of methoxy groups -OCH3 is 3. The van der Waals surface area contributed by atoms with Gasteiger partial charge in [-0.05, 0) is 36.5 Å². The average Bonchev–Trinajstić information content (AvgIpc) is 3.14. The Morgan fingerprint density at radius 2 is 1.72 bits per heavy atom. The summed E-state index contributed by atoms with van der Waals surface area (Å²) >= 11 is 5.38. The minimum atomic E-state index is -0.182. The second-order valence-electron chi connectivity index (χ2n) is 6.30. The van der Waals surface area contributed by atoms with E-state index in [1.54, 1.807) is 50.1 Å². The van der Waals surface area contributed by atoms with E-state index in [1.165, 1.54) is 0 Å². The summed E-state index contributed by atoms with van der Waals surface area (Å²) in [5.41, 5.74) is 2.06. The van der Waals surface area contributed by atoms with Gasteiger partial charge in [-0.25, -0.2) is 0 Å². The molecule has 0 saturated carbocycles. The smallest absolute Gasteiger partial charge is 0.272 e. The third kappa shape index (κ3) is 3.97. The number of hydrogen-bond acceptors (Lipinski definition) is 5. The van der Waals surface area contributed by atoms with E-state index in [2.05, 4.69) is 4.98 Å². The summed E-state index contributed by atoms with van der Waals surface area (Å²) in [6.45, 7) is 0.315. The van der Waals surface area contributed by atoms with Crippen LogP contribution in [-0.4, -0.2) is 48.7 Å². The second-order valence-corrected chi connectivity index (χ2v) is 6.69. The monoisotopic (exact) mass is 413 g/mol. The van der Waals surface area contributed by atoms with E-state index in [1.807, 2.05) is 36.4 Å². The summed E-state index contributed by atoms with van der Waals surface area (Å²) < 4.78 is 18.4. The zero-order chi connectivity index (χ0) is 21.0. The van der Waals surface area contributed by atoms with Crippen molar-refractivity contribution in [1.82, 2.24) is 14.5 Å². The summed E-state index contributed by atoms with van der Waals surface area (Å²) in [5.74, 6) is 1.39. The predicted molar refractivity (Wildman–Crippen MR) is 113 cm³/mol. The Morgan fingerprint density at radius 3 is 2.34 bits per heavy atom. The first-order valence-electron chi connectivity index (χ1n) is 8.91. The molecule has 8 heteroatoms. The van der Waals surface area contributed by atoms with Crippen LogP contribution < -0.4 is 14.2 Å². The predicted octanol–water partition coefficient (Wildman–Crippen LogP) is 3.83. The number of H-pyrrole nitrogens is 1. The Hall–Kier alpha value is -3.26. The van der Waals surface area contributed by atoms with E-state index < -0.39 is 0 Å². The van der Waals surface area contributed by atoms with E-state index in [4.69, 9.17) is 26.4 Å². The van der Waals surface area contributed by atoms with E-state index in [0.717, 1.165) is 11.3 Å². The highest BCUT2D eigenvalue weighted by molar-refractivity contribution is 7.71. The largest absolute Gasteiger partial charge is 0.493 e. The van der Waals surface area contributed by atoms with Gasteiger partial charge < -0.3 is 24.1 Å². The number of aromatic nitrogens is 2. The zero-order valence-electron chi connectivity index (χ0n) is 16.8. The molecule has 3 rings (SSSR count). The molecule has 0 aliphatic heterocycles. The lowest BCUT2D eigenvalue weighted by molar-refractivity contribution is 0.0776. The topological polar surface area (TPSA) is 68.7 Å². The van der Waals surface area contributed by atoms with Crippen LogP contribution in [0, 0.1) is 4.77 Å². The number of benzene rings is 2. The molecule has 0 spiro atoms. The summed E-state index contributed by atoms with van der Waals surface area (Å²) in [6, 6.07) is 13.2. The molecule has 0 saturated heterocycles. The Balaban J connectivity index is 1.93. The molecule has 0 radical (unpaired) electrons. The van der Waals surface area contributed by atoms with Gasteiger partial charge >= 0.3 is 0 Å². The van der Waals surface area contributed by atoms with Crippen LogP contribution in [0.5, 0.6) is 17.2 Å². The summed E-state index contributed by atoms with van der Waals surface area (Å²) in [6.07, 6.45) is 1.63. The molecule has 7 nitrogen and oxygen atoms in total. The number of aromatic amines is 1. The summed E-state index contributed by atoms with van der Waals surface area (Å²) in [4.78, 5) is 17.7. The number of carbonyl (C=O) groups excluding carboxylic acids is 1. The molecule has 2 aromatic carbocycles. The van der Waals surface area contributed by atoms with Gasteiger partial charge in [-0.3, -0.25) is 9.36 Å². The third-order valence-electron chi connectivity index (χ3n) is 4.55. The van der Waals surface area contributed by atoms with Crippen molar-refractivity contribution in [2.45, 2.75) is 6.54 Å². The minimum Gasteiger partial charge on any atom is -0.493 e. The maximum Gasteiger partial charge on any atom is 0.272 e. The number of para-hydroxylation sites is 1. The van der Waals surface area contributed by atoms with E-state index in [9.17, 15) is 4.79 Å². The first-order chi connectivity index (χ1) is 14.0. The van der Waals surface area contributed by atoms with Crippen molar-refractivity contribution in [2.24, 2.45) is 0 Å². The Morgan fingerprint density at radius 1 is 1.03 bits per heavy atom. The van der Waals surface area contributed by atoms with E-state index >= 15 is 0 Å². The molecule has 29 heavy (non-hydrogen) atoms. The van der Waals surface area contributed by atoms with Crippen molar-refractivity contribution in [3.8, 4) is 22.9 Å². The number of hydrogen-bond donors (Lipinski definition) is 1. The van der Waals surface area contributed by atoms with Gasteiger partial charge in [-0.15, -0.1) is 0 Å². The minimum absolute atomic E-state index is 0.182. The number of imidazole rings is 1. The van der Waals surface area contributed by atoms with Crippen molar-refractivity contribution >= 4 is 18.1 Å². The lowest BCUT2D eigenvalue weighted by atomic mass is 10.1. The maximum atomic E-state index is 13.2. The Bertz CT molecular complexity index is 1060. The first-order valence-corrected chi connectivity index (χ1v) is 9.31. The first kappa shape index (κ1) is 20.5. The second kappa shape index (κ2) is 8.83. The standard InChI is InChI=1S/C21H23N3O4S/c1-23(13-14-10-11-17(26-2)19(28-4)18(14)27-3)20(25)16-12-22-21(29)24(16)15-8-6-5-7-9-15/h5-12H,13H2,1-4H3,(H,22,29). The fraction of sp³-hybridized carbons (Fsp3) is 0.238. The fourth-order valence-corrected chi connectivity index (χ4v) is 3.43. The van der Waals surface area contributed by atoms with Crippen molar-refractivity contribution in [1.29, 1.82) is 0 Å². The molecule has 152 valence electrons. The molecular weight excluding hydrogens is 390 g/mol. The number of carbonyl (C=O) groups is 1. The van der Waals surface area contributed by atoms with Gasteiger partial charge in [0.2, 0.25) is 5.75 Å². The van der Waals surface area contributed by atoms with E-state index in [0.29, 0.717) is 34.3 Å². The fourth-order valence-electron chi connectivity index (χ4n) is 3.17. The SMILES string of the molecule is COc1ccc(CN(C)C(=O)c2c[nH]c(=S)n2-c2ccccc2)c(OC)c1OC. The van der Waals surface area contributed by atoms with Crippen LogP contribution in [0.2, 0.25) is 0 Å². The van der Waals surface area contributed by atoms with Crippen LogP contribution in [0.4, 0.5) is 0 Å². The average molecular weight is 413 g/mol. The maximum absolute atomic E-state index is 13.2. The van der Waals surface area contributed by atoms with Gasteiger partial charge in [-0.2, -0.15) is 0 Å². The van der Waals surface area contributed by atoms with Crippen LogP contribution in [0.25, 0.3) is 5.69 Å². The van der Waals surface area contributed by atoms with Gasteiger partial charge in [0.15, 0.2) is 16.3 Å². The third-order valence-corrected chi connectivity index (χ3v) is 4.85. The molecule has 1 aromatic heterocycles. The van der Waals surface area contributed by atoms with Crippen LogP contribution >= 0.6 is 12.2 Å². The highest BCUT2D eigenvalue weighted by atomic mass is 32.1. The molecule has 3 aromatic rings. The molecule has 1 heterocycles. The van der Waals surface area contributed by atoms with Gasteiger partial charge in [0, 0.05) is 31.0 Å². The van der Waals surface area contributed by atoms with Crippen molar-refractivity contribution in [3.05, 3.63) is 64.7 Å². The van der Waals surface area contributed by atoms with Gasteiger partial charge in [-0.1, -0.05) is 18.2 Å². The Labute approximate surface area is 174 Å². The molecule has 0 bridgehead atoms. The summed E-state index contributed by atoms with van der Waals surface area (Å²) in [7, 11) is 6.39. The summed E-state index contributed by atoms with van der Waals surface area (Å²) in [5, 5.41) is 0.